The Morgan fingerprint density at radius 2 is 1.42 bits per heavy atom. The predicted octanol–water partition coefficient (Wildman–Crippen LogP) is 7.51. The van der Waals surface area contributed by atoms with Gasteiger partial charge in [-0.25, -0.2) is 0 Å². The number of hydrogen-bond donors (Lipinski definition) is 0. The topological polar surface area (TPSA) is 0 Å². The van der Waals surface area contributed by atoms with Gasteiger partial charge in [0, 0.05) is 11.8 Å². The van der Waals surface area contributed by atoms with Crippen LogP contribution in [-0.2, 0) is 0 Å². The average molecular weight is 331 g/mol. The molecule has 0 aromatic carbocycles. The van der Waals surface area contributed by atoms with Crippen molar-refractivity contribution in [3.8, 4) is 0 Å². The van der Waals surface area contributed by atoms with E-state index in [4.69, 9.17) is 0 Å². The van der Waals surface area contributed by atoms with Crippen molar-refractivity contribution in [3.05, 3.63) is 26.5 Å². The molecule has 0 nitrogen and oxygen atoms in total. The minimum absolute atomic E-state index is 0.241. The maximum atomic E-state index is 4.63. The lowest BCUT2D eigenvalue weighted by atomic mass is 9.62. The lowest BCUT2D eigenvalue weighted by molar-refractivity contribution is 0.0860. The summed E-state index contributed by atoms with van der Waals surface area (Å²) in [6.07, 6.45) is 14.4. The van der Waals surface area contributed by atoms with E-state index >= 15 is 0 Å². The Balaban J connectivity index is 1.83. The Morgan fingerprint density at radius 1 is 0.917 bits per heavy atom. The highest BCUT2D eigenvalue weighted by Crippen LogP contribution is 2.48. The first-order valence-electron chi connectivity index (χ1n) is 10.4. The SMILES string of the molecule is C=CC1CCC(C(C)(C)CC([CH2+])C2CCC(C([CH2+])(C)C)CC2)CC1. The fourth-order valence-corrected chi connectivity index (χ4v) is 5.52. The molecule has 0 aromatic rings. The van der Waals surface area contributed by atoms with Crippen molar-refractivity contribution in [1.82, 2.24) is 0 Å². The van der Waals surface area contributed by atoms with Crippen molar-refractivity contribution in [2.75, 3.05) is 0 Å². The number of allylic oxidation sites excluding steroid dienone is 1. The summed E-state index contributed by atoms with van der Waals surface area (Å²) in [4.78, 5) is 0. The normalized spacial score (nSPS) is 33.8. The molecule has 2 saturated carbocycles. The molecule has 0 N–H and O–H groups in total. The van der Waals surface area contributed by atoms with E-state index < -0.39 is 0 Å². The molecule has 2 aliphatic rings. The maximum Gasteiger partial charge on any atom is 0.103 e. The first kappa shape index (κ1) is 19.8. The average Bonchev–Trinajstić information content (AvgIpc) is 2.54. The van der Waals surface area contributed by atoms with Crippen LogP contribution >= 0.6 is 0 Å². The molecule has 0 amide bonds. The zero-order chi connectivity index (χ0) is 18.0. The molecule has 0 heterocycles. The molecule has 0 bridgehead atoms. The van der Waals surface area contributed by atoms with E-state index in [0.29, 0.717) is 11.3 Å². The van der Waals surface area contributed by atoms with Gasteiger partial charge in [0.15, 0.2) is 0 Å². The predicted molar refractivity (Wildman–Crippen MR) is 107 cm³/mol. The van der Waals surface area contributed by atoms with E-state index in [1.807, 2.05) is 0 Å². The highest BCUT2D eigenvalue weighted by molar-refractivity contribution is 4.92. The summed E-state index contributed by atoms with van der Waals surface area (Å²) in [5.74, 6) is 3.93. The van der Waals surface area contributed by atoms with Gasteiger partial charge in [-0.05, 0) is 88.9 Å². The van der Waals surface area contributed by atoms with Crippen molar-refractivity contribution in [2.24, 2.45) is 40.4 Å². The van der Waals surface area contributed by atoms with Crippen molar-refractivity contribution in [2.45, 2.75) is 85.5 Å². The van der Waals surface area contributed by atoms with Gasteiger partial charge in [-0.1, -0.05) is 19.9 Å². The lowest BCUT2D eigenvalue weighted by Gasteiger charge is -2.41. The molecule has 0 aromatic heterocycles. The van der Waals surface area contributed by atoms with Gasteiger partial charge in [-0.2, -0.15) is 0 Å². The molecule has 0 heteroatoms. The zero-order valence-electron chi connectivity index (χ0n) is 16.9. The van der Waals surface area contributed by atoms with Gasteiger partial charge in [-0.15, -0.1) is 6.58 Å². The molecule has 2 rings (SSSR count). The molecular formula is C24H42+2. The summed E-state index contributed by atoms with van der Waals surface area (Å²) in [6, 6.07) is 0. The Morgan fingerprint density at radius 3 is 1.88 bits per heavy atom. The molecule has 24 heavy (non-hydrogen) atoms. The highest BCUT2D eigenvalue weighted by atomic mass is 14.4. The first-order valence-corrected chi connectivity index (χ1v) is 10.4. The Bertz CT molecular complexity index is 381. The van der Waals surface area contributed by atoms with Crippen molar-refractivity contribution >= 4 is 0 Å². The summed E-state index contributed by atoms with van der Waals surface area (Å²) in [6.45, 7) is 22.6. The minimum Gasteiger partial charge on any atom is -0.103 e. The standard InChI is InChI=1S/C24H42/c1-8-19-9-13-22(14-10-19)24(6,7)17-18(2)20-11-15-21(16-12-20)23(3,4)5/h8,18-22H,1-3,9-17H2,4-7H3/q+2. The molecule has 0 radical (unpaired) electrons. The molecule has 1 atom stereocenters. The second kappa shape index (κ2) is 7.79. The van der Waals surface area contributed by atoms with Crippen LogP contribution in [0.2, 0.25) is 0 Å². The van der Waals surface area contributed by atoms with Gasteiger partial charge in [-0.3, -0.25) is 0 Å². The van der Waals surface area contributed by atoms with Gasteiger partial charge in [0.2, 0.25) is 0 Å². The lowest BCUT2D eigenvalue weighted by Crippen LogP contribution is -2.33. The van der Waals surface area contributed by atoms with E-state index in [0.717, 1.165) is 23.7 Å². The van der Waals surface area contributed by atoms with Crippen LogP contribution in [0.4, 0.5) is 0 Å². The fraction of sp³-hybridized carbons (Fsp3) is 0.833. The van der Waals surface area contributed by atoms with Crippen LogP contribution in [0.25, 0.3) is 0 Å². The second-order valence-electron chi connectivity index (χ2n) is 10.4. The molecule has 0 saturated heterocycles. The van der Waals surface area contributed by atoms with Crippen LogP contribution in [0.1, 0.15) is 85.5 Å². The van der Waals surface area contributed by atoms with Gasteiger partial charge in [0.1, 0.15) is 5.41 Å². The number of hydrogen-bond acceptors (Lipinski definition) is 0. The second-order valence-corrected chi connectivity index (χ2v) is 10.4. The fourth-order valence-electron chi connectivity index (χ4n) is 5.52. The summed E-state index contributed by atoms with van der Waals surface area (Å²) >= 11 is 0. The van der Waals surface area contributed by atoms with E-state index in [1.165, 1.54) is 57.8 Å². The van der Waals surface area contributed by atoms with E-state index in [9.17, 15) is 0 Å². The monoisotopic (exact) mass is 330 g/mol. The van der Waals surface area contributed by atoms with Gasteiger partial charge >= 0.3 is 0 Å². The largest absolute Gasteiger partial charge is 0.103 e. The van der Waals surface area contributed by atoms with Crippen molar-refractivity contribution < 1.29 is 0 Å². The Labute approximate surface area is 152 Å². The molecule has 0 aliphatic heterocycles. The Hall–Kier alpha value is -0.520. The van der Waals surface area contributed by atoms with Crippen LogP contribution in [0.3, 0.4) is 0 Å². The number of rotatable bonds is 6. The van der Waals surface area contributed by atoms with Gasteiger partial charge in [0.05, 0.1) is 19.8 Å². The van der Waals surface area contributed by atoms with Gasteiger partial charge < -0.3 is 0 Å². The van der Waals surface area contributed by atoms with Gasteiger partial charge in [0.25, 0.3) is 0 Å². The van der Waals surface area contributed by atoms with Crippen molar-refractivity contribution in [1.29, 1.82) is 0 Å². The summed E-state index contributed by atoms with van der Waals surface area (Å²) in [5.41, 5.74) is 0.686. The smallest absolute Gasteiger partial charge is 0.103 e. The molecule has 2 fully saturated rings. The minimum atomic E-state index is 0.241. The zero-order valence-corrected chi connectivity index (χ0v) is 16.9. The summed E-state index contributed by atoms with van der Waals surface area (Å²) in [7, 11) is 0. The third-order valence-electron chi connectivity index (χ3n) is 7.54. The van der Waals surface area contributed by atoms with Crippen LogP contribution in [0, 0.1) is 54.3 Å². The Kier molecular flexibility index (Phi) is 6.43. The molecule has 2 aliphatic carbocycles. The van der Waals surface area contributed by atoms with E-state index in [1.54, 1.807) is 0 Å². The van der Waals surface area contributed by atoms with Crippen LogP contribution in [-0.4, -0.2) is 0 Å². The maximum absolute atomic E-state index is 4.63. The van der Waals surface area contributed by atoms with Crippen LogP contribution < -0.4 is 0 Å². The molecule has 0 spiro atoms. The van der Waals surface area contributed by atoms with E-state index in [2.05, 4.69) is 54.2 Å². The highest BCUT2D eigenvalue weighted by Gasteiger charge is 2.40. The van der Waals surface area contributed by atoms with Crippen LogP contribution in [0.5, 0.6) is 0 Å². The third-order valence-corrected chi connectivity index (χ3v) is 7.54. The molecule has 136 valence electrons. The molecular weight excluding hydrogens is 288 g/mol. The van der Waals surface area contributed by atoms with Crippen molar-refractivity contribution in [3.63, 3.8) is 0 Å². The summed E-state index contributed by atoms with van der Waals surface area (Å²) < 4.78 is 0. The quantitative estimate of drug-likeness (QED) is 0.349. The van der Waals surface area contributed by atoms with E-state index in [-0.39, 0.29) is 5.41 Å². The summed E-state index contributed by atoms with van der Waals surface area (Å²) in [5, 5.41) is 0. The molecule has 1 unspecified atom stereocenters. The third kappa shape index (κ3) is 4.99. The first-order chi connectivity index (χ1) is 11.1. The van der Waals surface area contributed by atoms with Crippen LogP contribution in [0.15, 0.2) is 12.7 Å².